The summed E-state index contributed by atoms with van der Waals surface area (Å²) in [5, 5.41) is 0. The Bertz CT molecular complexity index is 288. The van der Waals surface area contributed by atoms with Gasteiger partial charge in [-0.25, -0.2) is 4.79 Å². The molecular formula is C8H8ClNO2. The topological polar surface area (TPSA) is 52.3 Å². The lowest BCUT2D eigenvalue weighted by molar-refractivity contribution is 0.0574. The number of carbonyl (C=O) groups is 1. The number of benzene rings is 1. The number of anilines is 1. The highest BCUT2D eigenvalue weighted by atomic mass is 35.5. The van der Waals surface area contributed by atoms with Crippen LogP contribution in [-0.2, 0) is 4.74 Å². The molecular weight excluding hydrogens is 178 g/mol. The Kier molecular flexibility index (Phi) is 2.94. The highest BCUT2D eigenvalue weighted by molar-refractivity contribution is 6.17. The SMILES string of the molecule is Nc1cccc(C(=O)OCCl)c1. The maximum absolute atomic E-state index is 11.0. The Balaban J connectivity index is 2.81. The molecule has 0 saturated heterocycles. The highest BCUT2D eigenvalue weighted by Crippen LogP contribution is 2.07. The maximum atomic E-state index is 11.0. The highest BCUT2D eigenvalue weighted by Gasteiger charge is 2.05. The molecule has 12 heavy (non-hydrogen) atoms. The van der Waals surface area contributed by atoms with Crippen LogP contribution in [0.15, 0.2) is 24.3 Å². The van der Waals surface area contributed by atoms with E-state index in [4.69, 9.17) is 17.3 Å². The lowest BCUT2D eigenvalue weighted by Crippen LogP contribution is -2.03. The van der Waals surface area contributed by atoms with Crippen LogP contribution in [0, 0.1) is 0 Å². The molecule has 1 aromatic rings. The molecule has 0 spiro atoms. The Labute approximate surface area is 75.1 Å². The largest absolute Gasteiger partial charge is 0.446 e. The molecule has 0 radical (unpaired) electrons. The van der Waals surface area contributed by atoms with E-state index < -0.39 is 5.97 Å². The number of carbonyl (C=O) groups excluding carboxylic acids is 1. The summed E-state index contributed by atoms with van der Waals surface area (Å²) in [6, 6.07) is 6.38. The van der Waals surface area contributed by atoms with Crippen LogP contribution in [0.1, 0.15) is 10.4 Å². The van der Waals surface area contributed by atoms with Crippen LogP contribution in [0.4, 0.5) is 5.69 Å². The number of alkyl halides is 1. The van der Waals surface area contributed by atoms with Gasteiger partial charge in [0, 0.05) is 5.69 Å². The second-order valence-electron chi connectivity index (χ2n) is 2.17. The summed E-state index contributed by atoms with van der Waals surface area (Å²) >= 11 is 5.21. The zero-order chi connectivity index (χ0) is 8.97. The van der Waals surface area contributed by atoms with Crippen LogP contribution in [0.3, 0.4) is 0 Å². The third-order valence-corrected chi connectivity index (χ3v) is 1.42. The van der Waals surface area contributed by atoms with Crippen molar-refractivity contribution in [2.75, 3.05) is 11.8 Å². The second kappa shape index (κ2) is 3.97. The molecule has 0 saturated carbocycles. The van der Waals surface area contributed by atoms with E-state index in [1.54, 1.807) is 18.2 Å². The minimum Gasteiger partial charge on any atom is -0.446 e. The average Bonchev–Trinajstić information content (AvgIpc) is 2.05. The van der Waals surface area contributed by atoms with E-state index in [1.165, 1.54) is 6.07 Å². The van der Waals surface area contributed by atoms with Crippen molar-refractivity contribution in [1.29, 1.82) is 0 Å². The van der Waals surface area contributed by atoms with Gasteiger partial charge in [0.2, 0.25) is 0 Å². The van der Waals surface area contributed by atoms with E-state index in [1.807, 2.05) is 0 Å². The quantitative estimate of drug-likeness (QED) is 0.433. The number of hydrogen-bond acceptors (Lipinski definition) is 3. The summed E-state index contributed by atoms with van der Waals surface area (Å²) in [7, 11) is 0. The van der Waals surface area contributed by atoms with E-state index in [0.29, 0.717) is 11.3 Å². The number of nitrogen functional groups attached to an aromatic ring is 1. The van der Waals surface area contributed by atoms with Crippen molar-refractivity contribution in [3.8, 4) is 0 Å². The van der Waals surface area contributed by atoms with Gasteiger partial charge in [0.1, 0.15) is 0 Å². The smallest absolute Gasteiger partial charge is 0.339 e. The summed E-state index contributed by atoms with van der Waals surface area (Å²) in [5.74, 6) is -0.461. The molecule has 0 heterocycles. The van der Waals surface area contributed by atoms with Crippen LogP contribution in [0.25, 0.3) is 0 Å². The summed E-state index contributed by atoms with van der Waals surface area (Å²) in [4.78, 5) is 11.0. The summed E-state index contributed by atoms with van der Waals surface area (Å²) in [6.45, 7) is 0. The van der Waals surface area contributed by atoms with Gasteiger partial charge in [-0.3, -0.25) is 0 Å². The first-order chi connectivity index (χ1) is 5.74. The summed E-state index contributed by atoms with van der Waals surface area (Å²) in [5.41, 5.74) is 6.39. The van der Waals surface area contributed by atoms with E-state index in [9.17, 15) is 4.79 Å². The fraction of sp³-hybridized carbons (Fsp3) is 0.125. The van der Waals surface area contributed by atoms with Crippen molar-refractivity contribution < 1.29 is 9.53 Å². The first-order valence-electron chi connectivity index (χ1n) is 3.32. The van der Waals surface area contributed by atoms with Gasteiger partial charge in [-0.15, -0.1) is 0 Å². The normalized spacial score (nSPS) is 9.42. The van der Waals surface area contributed by atoms with Crippen molar-refractivity contribution in [3.05, 3.63) is 29.8 Å². The lowest BCUT2D eigenvalue weighted by atomic mass is 10.2. The molecule has 1 rings (SSSR count). The summed E-state index contributed by atoms with van der Waals surface area (Å²) in [6.07, 6.45) is 0. The number of halogens is 1. The zero-order valence-corrected chi connectivity index (χ0v) is 7.04. The van der Waals surface area contributed by atoms with Gasteiger partial charge in [-0.05, 0) is 18.2 Å². The van der Waals surface area contributed by atoms with Crippen LogP contribution < -0.4 is 5.73 Å². The Morgan fingerprint density at radius 1 is 1.58 bits per heavy atom. The first kappa shape index (κ1) is 8.87. The zero-order valence-electron chi connectivity index (χ0n) is 6.29. The van der Waals surface area contributed by atoms with Gasteiger partial charge >= 0.3 is 5.97 Å². The van der Waals surface area contributed by atoms with E-state index >= 15 is 0 Å². The molecule has 1 aromatic carbocycles. The van der Waals surface area contributed by atoms with E-state index in [-0.39, 0.29) is 6.07 Å². The third kappa shape index (κ3) is 2.13. The van der Waals surface area contributed by atoms with E-state index in [2.05, 4.69) is 4.74 Å². The predicted molar refractivity (Wildman–Crippen MR) is 47.0 cm³/mol. The number of nitrogens with two attached hydrogens (primary N) is 1. The van der Waals surface area contributed by atoms with Crippen molar-refractivity contribution in [2.24, 2.45) is 0 Å². The van der Waals surface area contributed by atoms with Crippen LogP contribution >= 0.6 is 11.6 Å². The molecule has 0 atom stereocenters. The van der Waals surface area contributed by atoms with Crippen LogP contribution in [0.5, 0.6) is 0 Å². The molecule has 3 nitrogen and oxygen atoms in total. The molecule has 0 aliphatic rings. The van der Waals surface area contributed by atoms with Gasteiger partial charge in [0.05, 0.1) is 5.56 Å². The fourth-order valence-electron chi connectivity index (χ4n) is 0.799. The molecule has 64 valence electrons. The average molecular weight is 186 g/mol. The van der Waals surface area contributed by atoms with Crippen molar-refractivity contribution in [1.82, 2.24) is 0 Å². The second-order valence-corrected chi connectivity index (χ2v) is 2.38. The molecule has 0 aliphatic heterocycles. The molecule has 0 bridgehead atoms. The predicted octanol–water partition coefficient (Wildman–Crippen LogP) is 1.62. The third-order valence-electron chi connectivity index (χ3n) is 1.31. The van der Waals surface area contributed by atoms with Crippen molar-refractivity contribution in [2.45, 2.75) is 0 Å². The molecule has 0 aliphatic carbocycles. The summed E-state index contributed by atoms with van der Waals surface area (Å²) < 4.78 is 4.55. The molecule has 0 amide bonds. The van der Waals surface area contributed by atoms with Gasteiger partial charge in [-0.1, -0.05) is 17.7 Å². The first-order valence-corrected chi connectivity index (χ1v) is 3.86. The monoisotopic (exact) mass is 185 g/mol. The maximum Gasteiger partial charge on any atom is 0.339 e. The Morgan fingerprint density at radius 2 is 2.33 bits per heavy atom. The van der Waals surface area contributed by atoms with Gasteiger partial charge < -0.3 is 10.5 Å². The Morgan fingerprint density at radius 3 is 2.92 bits per heavy atom. The fourth-order valence-corrected chi connectivity index (χ4v) is 0.898. The molecule has 2 N–H and O–H groups in total. The standard InChI is InChI=1S/C8H8ClNO2/c9-5-12-8(11)6-2-1-3-7(10)4-6/h1-4H,5,10H2. The molecule has 0 unspecified atom stereocenters. The lowest BCUT2D eigenvalue weighted by Gasteiger charge is -2.00. The van der Waals surface area contributed by atoms with Crippen LogP contribution in [0.2, 0.25) is 0 Å². The molecule has 0 fully saturated rings. The molecule has 0 aromatic heterocycles. The minimum atomic E-state index is -0.461. The Hall–Kier alpha value is -1.22. The molecule has 4 heteroatoms. The number of esters is 1. The van der Waals surface area contributed by atoms with Gasteiger partial charge in [0.25, 0.3) is 0 Å². The van der Waals surface area contributed by atoms with Crippen molar-refractivity contribution in [3.63, 3.8) is 0 Å². The van der Waals surface area contributed by atoms with Gasteiger partial charge in [0.15, 0.2) is 6.07 Å². The van der Waals surface area contributed by atoms with Crippen molar-refractivity contribution >= 4 is 23.3 Å². The van der Waals surface area contributed by atoms with E-state index in [0.717, 1.165) is 0 Å². The number of rotatable bonds is 2. The minimum absolute atomic E-state index is 0.145. The number of ether oxygens (including phenoxy) is 1. The van der Waals surface area contributed by atoms with Gasteiger partial charge in [-0.2, -0.15) is 0 Å². The number of hydrogen-bond donors (Lipinski definition) is 1. The van der Waals surface area contributed by atoms with Crippen LogP contribution in [-0.4, -0.2) is 12.0 Å².